The zero-order valence-corrected chi connectivity index (χ0v) is 19.6. The van der Waals surface area contributed by atoms with Crippen molar-refractivity contribution in [2.24, 2.45) is 0 Å². The van der Waals surface area contributed by atoms with Crippen molar-refractivity contribution >= 4 is 35.2 Å². The van der Waals surface area contributed by atoms with Crippen molar-refractivity contribution in [1.82, 2.24) is 15.1 Å². The van der Waals surface area contributed by atoms with E-state index in [9.17, 15) is 9.59 Å². The van der Waals surface area contributed by atoms with Crippen LogP contribution in [0.15, 0.2) is 54.3 Å². The minimum atomic E-state index is -0.360. The van der Waals surface area contributed by atoms with E-state index in [2.05, 4.69) is 22.2 Å². The van der Waals surface area contributed by atoms with Gasteiger partial charge in [-0.2, -0.15) is 0 Å². The molecule has 8 heteroatoms. The number of ether oxygens (including phenoxy) is 1. The molecule has 2 heterocycles. The number of piperazine rings is 1. The van der Waals surface area contributed by atoms with Gasteiger partial charge in [-0.1, -0.05) is 35.9 Å². The number of fused-ring (bicyclic) bond motifs is 1. The van der Waals surface area contributed by atoms with Crippen molar-refractivity contribution in [1.29, 1.82) is 0 Å². The van der Waals surface area contributed by atoms with Gasteiger partial charge in [0.1, 0.15) is 6.54 Å². The monoisotopic (exact) mass is 468 g/mol. The van der Waals surface area contributed by atoms with Gasteiger partial charge in [0.25, 0.3) is 5.91 Å². The number of carbonyl (C=O) groups is 2. The van der Waals surface area contributed by atoms with Gasteiger partial charge in [-0.3, -0.25) is 14.5 Å². The number of anilines is 1. The molecule has 0 atom stereocenters. The van der Waals surface area contributed by atoms with Gasteiger partial charge in [0, 0.05) is 37.7 Å². The number of hydrogen-bond donors (Lipinski definition) is 1. The normalized spacial score (nSPS) is 18.2. The van der Waals surface area contributed by atoms with E-state index in [-0.39, 0.29) is 24.1 Å². The maximum atomic E-state index is 13.2. The number of para-hydroxylation sites is 2. The molecule has 2 aliphatic rings. The molecule has 2 aromatic rings. The van der Waals surface area contributed by atoms with Gasteiger partial charge in [-0.25, -0.2) is 0 Å². The van der Waals surface area contributed by atoms with E-state index in [1.54, 1.807) is 30.3 Å². The van der Waals surface area contributed by atoms with Crippen LogP contribution in [0.5, 0.6) is 5.75 Å². The van der Waals surface area contributed by atoms with Crippen LogP contribution < -0.4 is 15.0 Å². The Bertz CT molecular complexity index is 1030. The molecule has 1 fully saturated rings. The van der Waals surface area contributed by atoms with Crippen molar-refractivity contribution < 1.29 is 14.3 Å². The Morgan fingerprint density at radius 3 is 2.70 bits per heavy atom. The van der Waals surface area contributed by atoms with E-state index in [0.29, 0.717) is 23.0 Å². The molecule has 2 aliphatic heterocycles. The number of nitrogens with one attached hydrogen (secondary N) is 1. The summed E-state index contributed by atoms with van der Waals surface area (Å²) in [6.07, 6.45) is 2.52. The number of carbonyl (C=O) groups excluding carboxylic acids is 2. The van der Waals surface area contributed by atoms with E-state index in [1.165, 1.54) is 4.90 Å². The van der Waals surface area contributed by atoms with Gasteiger partial charge in [0.15, 0.2) is 11.5 Å². The molecule has 7 nitrogen and oxygen atoms in total. The Kier molecular flexibility index (Phi) is 7.65. The van der Waals surface area contributed by atoms with Crippen LogP contribution in [0.3, 0.4) is 0 Å². The first kappa shape index (κ1) is 23.3. The third-order valence-electron chi connectivity index (χ3n) is 5.85. The lowest BCUT2D eigenvalue weighted by molar-refractivity contribution is -0.123. The van der Waals surface area contributed by atoms with Crippen LogP contribution in [0.2, 0.25) is 5.02 Å². The van der Waals surface area contributed by atoms with E-state index in [4.69, 9.17) is 16.3 Å². The summed E-state index contributed by atoms with van der Waals surface area (Å²) in [6.45, 7) is 5.75. The molecule has 0 aromatic heterocycles. The standard InChI is InChI=1S/C25H29ClN4O3/c1-28-12-14-29(15-13-28)11-5-10-27-24(31)18-30-21-8-2-3-9-22(21)33-23(25(30)32)17-19-6-4-7-20(26)16-19/h2-4,6-9,16-17H,5,10-15,18H2,1H3,(H,27,31)/b23-17+. The number of nitrogens with zero attached hydrogens (tertiary/aromatic N) is 3. The highest BCUT2D eigenvalue weighted by atomic mass is 35.5. The van der Waals surface area contributed by atoms with Crippen LogP contribution in [-0.2, 0) is 9.59 Å². The SMILES string of the molecule is CN1CCN(CCCNC(=O)CN2C(=O)/C(=C\c3cccc(Cl)c3)Oc3ccccc32)CC1. The summed E-state index contributed by atoms with van der Waals surface area (Å²) in [5, 5.41) is 3.52. The summed E-state index contributed by atoms with van der Waals surface area (Å²) < 4.78 is 5.86. The van der Waals surface area contributed by atoms with E-state index in [1.807, 2.05) is 24.3 Å². The fraction of sp³-hybridized carbons (Fsp3) is 0.360. The lowest BCUT2D eigenvalue weighted by atomic mass is 10.1. The van der Waals surface area contributed by atoms with Gasteiger partial charge in [0.05, 0.1) is 5.69 Å². The zero-order chi connectivity index (χ0) is 23.2. The molecular weight excluding hydrogens is 440 g/mol. The molecule has 1 N–H and O–H groups in total. The number of halogens is 1. The topological polar surface area (TPSA) is 65.1 Å². The fourth-order valence-electron chi connectivity index (χ4n) is 3.97. The van der Waals surface area contributed by atoms with Crippen LogP contribution in [0, 0.1) is 0 Å². The van der Waals surface area contributed by atoms with Gasteiger partial charge >= 0.3 is 0 Å². The third-order valence-corrected chi connectivity index (χ3v) is 6.08. The Labute approximate surface area is 199 Å². The van der Waals surface area contributed by atoms with Gasteiger partial charge in [0.2, 0.25) is 5.91 Å². The largest absolute Gasteiger partial charge is 0.449 e. The van der Waals surface area contributed by atoms with Crippen LogP contribution >= 0.6 is 11.6 Å². The molecule has 0 aliphatic carbocycles. The molecule has 0 saturated carbocycles. The van der Waals surface area contributed by atoms with Gasteiger partial charge in [-0.15, -0.1) is 0 Å². The molecule has 1 saturated heterocycles. The van der Waals surface area contributed by atoms with Gasteiger partial charge in [-0.05, 0) is 55.9 Å². The number of benzene rings is 2. The quantitative estimate of drug-likeness (QED) is 0.500. The third kappa shape index (κ3) is 6.13. The second-order valence-corrected chi connectivity index (χ2v) is 8.81. The highest BCUT2D eigenvalue weighted by Gasteiger charge is 2.31. The first-order valence-corrected chi connectivity index (χ1v) is 11.6. The minimum Gasteiger partial charge on any atom is -0.449 e. The fourth-order valence-corrected chi connectivity index (χ4v) is 4.17. The number of rotatable bonds is 7. The second kappa shape index (κ2) is 10.8. The lowest BCUT2D eigenvalue weighted by Gasteiger charge is -2.32. The van der Waals surface area contributed by atoms with Crippen molar-refractivity contribution in [3.05, 3.63) is 64.9 Å². The van der Waals surface area contributed by atoms with Crippen LogP contribution in [0.1, 0.15) is 12.0 Å². The smallest absolute Gasteiger partial charge is 0.294 e. The highest BCUT2D eigenvalue weighted by Crippen LogP contribution is 2.35. The lowest BCUT2D eigenvalue weighted by Crippen LogP contribution is -2.46. The molecule has 0 unspecified atom stereocenters. The number of hydrogen-bond acceptors (Lipinski definition) is 5. The van der Waals surface area contributed by atoms with Crippen LogP contribution in [0.4, 0.5) is 5.69 Å². The van der Waals surface area contributed by atoms with Crippen molar-refractivity contribution in [2.45, 2.75) is 6.42 Å². The van der Waals surface area contributed by atoms with Crippen molar-refractivity contribution in [2.75, 3.05) is 57.8 Å². The number of likely N-dealkylation sites (N-methyl/N-ethyl adjacent to an activating group) is 1. The predicted molar refractivity (Wildman–Crippen MR) is 130 cm³/mol. The molecule has 0 bridgehead atoms. The maximum absolute atomic E-state index is 13.2. The first-order chi connectivity index (χ1) is 16.0. The first-order valence-electron chi connectivity index (χ1n) is 11.2. The summed E-state index contributed by atoms with van der Waals surface area (Å²) in [6, 6.07) is 14.4. The molecular formula is C25H29ClN4O3. The Morgan fingerprint density at radius 1 is 1.12 bits per heavy atom. The molecule has 4 rings (SSSR count). The van der Waals surface area contributed by atoms with Crippen molar-refractivity contribution in [3.8, 4) is 5.75 Å². The summed E-state index contributed by atoms with van der Waals surface area (Å²) in [5.41, 5.74) is 1.33. The zero-order valence-electron chi connectivity index (χ0n) is 18.8. The summed E-state index contributed by atoms with van der Waals surface area (Å²) in [7, 11) is 2.14. The Balaban J connectivity index is 1.38. The molecule has 33 heavy (non-hydrogen) atoms. The van der Waals surface area contributed by atoms with Crippen LogP contribution in [-0.4, -0.2) is 74.5 Å². The molecule has 0 spiro atoms. The molecule has 2 amide bonds. The van der Waals surface area contributed by atoms with E-state index < -0.39 is 0 Å². The predicted octanol–water partition coefficient (Wildman–Crippen LogP) is 2.86. The molecule has 174 valence electrons. The number of amides is 2. The van der Waals surface area contributed by atoms with Crippen molar-refractivity contribution in [3.63, 3.8) is 0 Å². The average Bonchev–Trinajstić information content (AvgIpc) is 2.81. The van der Waals surface area contributed by atoms with Crippen LogP contribution in [0.25, 0.3) is 6.08 Å². The van der Waals surface area contributed by atoms with Gasteiger partial charge < -0.3 is 19.9 Å². The minimum absolute atomic E-state index is 0.0688. The summed E-state index contributed by atoms with van der Waals surface area (Å²) >= 11 is 6.07. The highest BCUT2D eigenvalue weighted by molar-refractivity contribution is 6.30. The summed E-state index contributed by atoms with van der Waals surface area (Å²) in [4.78, 5) is 32.1. The second-order valence-electron chi connectivity index (χ2n) is 8.37. The molecule has 2 aromatic carbocycles. The average molecular weight is 469 g/mol. The summed E-state index contributed by atoms with van der Waals surface area (Å²) in [5.74, 6) is 0.133. The Hall–Kier alpha value is -2.87. The van der Waals surface area contributed by atoms with E-state index >= 15 is 0 Å². The Morgan fingerprint density at radius 2 is 1.91 bits per heavy atom. The molecule has 0 radical (unpaired) electrons. The van der Waals surface area contributed by atoms with E-state index in [0.717, 1.165) is 44.7 Å². The maximum Gasteiger partial charge on any atom is 0.294 e.